The first-order chi connectivity index (χ1) is 14.2. The quantitative estimate of drug-likeness (QED) is 0.486. The van der Waals surface area contributed by atoms with Crippen molar-refractivity contribution in [2.75, 3.05) is 0 Å². The second kappa shape index (κ2) is 6.70. The SMILES string of the molecule is N#Cc1cc(=O)[nH]c2nc(-c3ccccc3)c(-c3ccc4ncccc4c3)cc12. The lowest BCUT2D eigenvalue weighted by Gasteiger charge is -2.12. The number of rotatable bonds is 2. The standard InChI is InChI=1S/C24H14N4O/c25-14-18-12-22(29)27-24-20(18)13-19(23(28-24)15-5-2-1-3-6-15)16-8-9-21-17(11-16)7-4-10-26-21/h1-13H,(H,27,28,29). The smallest absolute Gasteiger partial charge is 0.250 e. The Hall–Kier alpha value is -4.30. The average Bonchev–Trinajstić information content (AvgIpc) is 2.78. The summed E-state index contributed by atoms with van der Waals surface area (Å²) >= 11 is 0. The lowest BCUT2D eigenvalue weighted by Crippen LogP contribution is -2.07. The lowest BCUT2D eigenvalue weighted by atomic mass is 9.96. The molecule has 29 heavy (non-hydrogen) atoms. The second-order valence-corrected chi connectivity index (χ2v) is 6.72. The first-order valence-corrected chi connectivity index (χ1v) is 9.12. The Bertz CT molecular complexity index is 1480. The Balaban J connectivity index is 1.87. The van der Waals surface area contributed by atoms with Crippen molar-refractivity contribution in [3.05, 3.63) is 94.9 Å². The van der Waals surface area contributed by atoms with Crippen molar-refractivity contribution in [2.24, 2.45) is 0 Å². The van der Waals surface area contributed by atoms with E-state index in [-0.39, 0.29) is 5.56 Å². The molecule has 0 bridgehead atoms. The number of aromatic amines is 1. The molecule has 5 heteroatoms. The molecule has 0 aliphatic heterocycles. The summed E-state index contributed by atoms with van der Waals surface area (Å²) in [4.78, 5) is 23.8. The molecular weight excluding hydrogens is 360 g/mol. The van der Waals surface area contributed by atoms with E-state index in [1.54, 1.807) is 6.20 Å². The summed E-state index contributed by atoms with van der Waals surface area (Å²) in [5, 5.41) is 11.1. The summed E-state index contributed by atoms with van der Waals surface area (Å²) in [6.45, 7) is 0. The highest BCUT2D eigenvalue weighted by Gasteiger charge is 2.14. The zero-order valence-electron chi connectivity index (χ0n) is 15.3. The monoisotopic (exact) mass is 374 g/mol. The summed E-state index contributed by atoms with van der Waals surface area (Å²) in [5.41, 5.74) is 4.80. The second-order valence-electron chi connectivity index (χ2n) is 6.72. The predicted octanol–water partition coefficient (Wildman–Crippen LogP) is 4.68. The number of nitriles is 1. The fourth-order valence-corrected chi connectivity index (χ4v) is 3.55. The topological polar surface area (TPSA) is 82.4 Å². The Morgan fingerprint density at radius 1 is 0.897 bits per heavy atom. The van der Waals surface area contributed by atoms with E-state index >= 15 is 0 Å². The van der Waals surface area contributed by atoms with Gasteiger partial charge in [-0.3, -0.25) is 9.78 Å². The minimum absolute atomic E-state index is 0.305. The molecule has 0 fully saturated rings. The summed E-state index contributed by atoms with van der Waals surface area (Å²) < 4.78 is 0. The molecule has 0 aliphatic carbocycles. The Labute approximate surface area is 165 Å². The van der Waals surface area contributed by atoms with Crippen LogP contribution in [0.4, 0.5) is 0 Å². The predicted molar refractivity (Wildman–Crippen MR) is 113 cm³/mol. The molecule has 1 N–H and O–H groups in total. The number of benzene rings is 2. The van der Waals surface area contributed by atoms with E-state index in [0.29, 0.717) is 16.6 Å². The molecule has 0 radical (unpaired) electrons. The van der Waals surface area contributed by atoms with Gasteiger partial charge in [-0.05, 0) is 29.8 Å². The van der Waals surface area contributed by atoms with Crippen molar-refractivity contribution in [3.63, 3.8) is 0 Å². The fourth-order valence-electron chi connectivity index (χ4n) is 3.55. The largest absolute Gasteiger partial charge is 0.306 e. The number of nitrogens with zero attached hydrogens (tertiary/aromatic N) is 3. The van der Waals surface area contributed by atoms with Crippen molar-refractivity contribution >= 4 is 21.9 Å². The lowest BCUT2D eigenvalue weighted by molar-refractivity contribution is 1.23. The van der Waals surface area contributed by atoms with E-state index in [1.165, 1.54) is 6.07 Å². The number of aromatic nitrogens is 3. The van der Waals surface area contributed by atoms with Gasteiger partial charge < -0.3 is 4.98 Å². The minimum atomic E-state index is -0.343. The van der Waals surface area contributed by atoms with Crippen LogP contribution in [-0.4, -0.2) is 15.0 Å². The van der Waals surface area contributed by atoms with Crippen LogP contribution >= 0.6 is 0 Å². The summed E-state index contributed by atoms with van der Waals surface area (Å²) in [7, 11) is 0. The van der Waals surface area contributed by atoms with Gasteiger partial charge in [-0.2, -0.15) is 5.26 Å². The van der Waals surface area contributed by atoms with Crippen molar-refractivity contribution in [1.82, 2.24) is 15.0 Å². The molecule has 0 saturated heterocycles. The van der Waals surface area contributed by atoms with Crippen LogP contribution in [0.25, 0.3) is 44.3 Å². The van der Waals surface area contributed by atoms with Gasteiger partial charge in [-0.1, -0.05) is 42.5 Å². The van der Waals surface area contributed by atoms with E-state index in [2.05, 4.69) is 22.1 Å². The Kier molecular flexibility index (Phi) is 3.89. The first kappa shape index (κ1) is 16.8. The van der Waals surface area contributed by atoms with Crippen molar-refractivity contribution in [2.45, 2.75) is 0 Å². The van der Waals surface area contributed by atoms with E-state index < -0.39 is 0 Å². The van der Waals surface area contributed by atoms with Gasteiger partial charge in [0.2, 0.25) is 0 Å². The summed E-state index contributed by atoms with van der Waals surface area (Å²) in [5.74, 6) is 0. The van der Waals surface area contributed by atoms with Crippen LogP contribution in [0, 0.1) is 11.3 Å². The first-order valence-electron chi connectivity index (χ1n) is 9.12. The number of hydrogen-bond donors (Lipinski definition) is 1. The summed E-state index contributed by atoms with van der Waals surface area (Å²) in [6.07, 6.45) is 1.77. The third kappa shape index (κ3) is 2.93. The average molecular weight is 374 g/mol. The van der Waals surface area contributed by atoms with Gasteiger partial charge in [0.1, 0.15) is 11.7 Å². The van der Waals surface area contributed by atoms with Crippen LogP contribution in [0.2, 0.25) is 0 Å². The van der Waals surface area contributed by atoms with Crippen molar-refractivity contribution in [3.8, 4) is 28.5 Å². The number of pyridine rings is 3. The van der Waals surface area contributed by atoms with Gasteiger partial charge in [0.05, 0.1) is 16.8 Å². The van der Waals surface area contributed by atoms with Gasteiger partial charge in [-0.15, -0.1) is 0 Å². The highest BCUT2D eigenvalue weighted by Crippen LogP contribution is 2.34. The molecule has 5 rings (SSSR count). The molecule has 0 aliphatic rings. The fraction of sp³-hybridized carbons (Fsp3) is 0. The van der Waals surface area contributed by atoms with E-state index in [9.17, 15) is 10.1 Å². The van der Waals surface area contributed by atoms with Crippen LogP contribution in [0.15, 0.2) is 83.8 Å². The van der Waals surface area contributed by atoms with Gasteiger partial charge in [0.25, 0.3) is 5.56 Å². The number of hydrogen-bond acceptors (Lipinski definition) is 4. The van der Waals surface area contributed by atoms with E-state index in [4.69, 9.17) is 4.98 Å². The zero-order chi connectivity index (χ0) is 19.8. The number of fused-ring (bicyclic) bond motifs is 2. The Morgan fingerprint density at radius 3 is 2.59 bits per heavy atom. The molecule has 0 unspecified atom stereocenters. The molecule has 5 aromatic rings. The molecule has 0 amide bonds. The molecule has 136 valence electrons. The zero-order valence-corrected chi connectivity index (χ0v) is 15.3. The van der Waals surface area contributed by atoms with E-state index in [0.717, 1.165) is 33.3 Å². The van der Waals surface area contributed by atoms with Crippen LogP contribution in [0.3, 0.4) is 0 Å². The number of H-pyrrole nitrogens is 1. The molecule has 0 atom stereocenters. The van der Waals surface area contributed by atoms with Crippen LogP contribution < -0.4 is 5.56 Å². The highest BCUT2D eigenvalue weighted by atomic mass is 16.1. The molecule has 0 saturated carbocycles. The third-order valence-corrected chi connectivity index (χ3v) is 4.91. The van der Waals surface area contributed by atoms with Gasteiger partial charge in [-0.25, -0.2) is 4.98 Å². The van der Waals surface area contributed by atoms with Crippen LogP contribution in [-0.2, 0) is 0 Å². The Morgan fingerprint density at radius 2 is 1.76 bits per heavy atom. The van der Waals surface area contributed by atoms with Crippen LogP contribution in [0.1, 0.15) is 5.56 Å². The maximum atomic E-state index is 12.0. The molecule has 5 nitrogen and oxygen atoms in total. The van der Waals surface area contributed by atoms with Crippen LogP contribution in [0.5, 0.6) is 0 Å². The molecule has 3 heterocycles. The van der Waals surface area contributed by atoms with Crippen molar-refractivity contribution < 1.29 is 0 Å². The maximum absolute atomic E-state index is 12.0. The van der Waals surface area contributed by atoms with Gasteiger partial charge in [0, 0.05) is 34.2 Å². The normalized spacial score (nSPS) is 10.9. The van der Waals surface area contributed by atoms with Gasteiger partial charge >= 0.3 is 0 Å². The maximum Gasteiger partial charge on any atom is 0.250 e. The third-order valence-electron chi connectivity index (χ3n) is 4.91. The van der Waals surface area contributed by atoms with Gasteiger partial charge in [0.15, 0.2) is 0 Å². The van der Waals surface area contributed by atoms with E-state index in [1.807, 2.05) is 60.7 Å². The molecule has 3 aromatic heterocycles. The summed E-state index contributed by atoms with van der Waals surface area (Å²) in [6, 6.07) is 25.1. The molecular formula is C24H14N4O. The minimum Gasteiger partial charge on any atom is -0.306 e. The highest BCUT2D eigenvalue weighted by molar-refractivity contribution is 5.95. The number of nitrogens with one attached hydrogen (secondary N) is 1. The molecule has 2 aromatic carbocycles. The molecule has 0 spiro atoms. The van der Waals surface area contributed by atoms with Crippen molar-refractivity contribution in [1.29, 1.82) is 5.26 Å².